The number of aliphatic carboxylic acids is 1. The molecule has 0 aliphatic heterocycles. The summed E-state index contributed by atoms with van der Waals surface area (Å²) in [7, 11) is 0. The molecule has 0 atom stereocenters. The zero-order chi connectivity index (χ0) is 22.3. The van der Waals surface area contributed by atoms with Crippen LogP contribution in [-0.4, -0.2) is 30.2 Å². The molecule has 1 amide bonds. The minimum absolute atomic E-state index is 0.0756. The second-order valence-electron chi connectivity index (χ2n) is 6.39. The van der Waals surface area contributed by atoms with E-state index in [1.54, 1.807) is 19.1 Å². The number of amides is 1. The van der Waals surface area contributed by atoms with Crippen LogP contribution >= 0.6 is 22.6 Å². The van der Waals surface area contributed by atoms with E-state index >= 15 is 0 Å². The number of benzene rings is 2. The highest BCUT2D eigenvalue weighted by molar-refractivity contribution is 14.1. The maximum Gasteiger partial charge on any atom is 0.341 e. The number of hydrogen-bond acceptors (Lipinski definition) is 5. The molecule has 0 aromatic heterocycles. The Morgan fingerprint density at radius 2 is 1.97 bits per heavy atom. The molecule has 0 radical (unpaired) electrons. The van der Waals surface area contributed by atoms with Gasteiger partial charge in [-0.15, -0.1) is 0 Å². The molecule has 2 aromatic rings. The Balaban J connectivity index is 2.36. The summed E-state index contributed by atoms with van der Waals surface area (Å²) >= 11 is 1.99. The van der Waals surface area contributed by atoms with E-state index in [2.05, 4.69) is 5.32 Å². The first-order valence-corrected chi connectivity index (χ1v) is 10.1. The third-order valence-electron chi connectivity index (χ3n) is 3.99. The maximum absolute atomic E-state index is 12.6. The zero-order valence-electron chi connectivity index (χ0n) is 16.8. The Labute approximate surface area is 188 Å². The predicted octanol–water partition coefficient (Wildman–Crippen LogP) is 4.32. The van der Waals surface area contributed by atoms with E-state index in [9.17, 15) is 14.9 Å². The molecule has 2 rings (SSSR count). The van der Waals surface area contributed by atoms with Gasteiger partial charge in [0.05, 0.1) is 10.2 Å². The van der Waals surface area contributed by atoms with Gasteiger partial charge in [0.1, 0.15) is 11.6 Å². The number of nitrogens with one attached hydrogen (secondary N) is 1. The molecule has 0 unspecified atom stereocenters. The van der Waals surface area contributed by atoms with E-state index in [1.165, 1.54) is 6.08 Å². The van der Waals surface area contributed by atoms with Gasteiger partial charge in [0.2, 0.25) is 0 Å². The highest BCUT2D eigenvalue weighted by Gasteiger charge is 2.16. The minimum atomic E-state index is -1.10. The number of rotatable bonds is 8. The maximum atomic E-state index is 12.6. The lowest BCUT2D eigenvalue weighted by molar-refractivity contribution is -0.139. The number of carboxylic acids is 1. The number of nitrogens with zero attached hydrogens (tertiary/aromatic N) is 1. The van der Waals surface area contributed by atoms with Crippen molar-refractivity contribution in [3.63, 3.8) is 0 Å². The first-order chi connectivity index (χ1) is 14.2. The molecular weight excluding hydrogens is 499 g/mol. The highest BCUT2D eigenvalue weighted by Crippen LogP contribution is 2.35. The van der Waals surface area contributed by atoms with Crippen LogP contribution < -0.4 is 14.8 Å². The number of carbonyl (C=O) groups is 2. The molecule has 2 aromatic carbocycles. The SMILES string of the molecule is CCOc1cc(/C=C(\C#N)C(=O)Nc2cc(C)ccc2C)cc(I)c1OCC(=O)O. The van der Waals surface area contributed by atoms with Gasteiger partial charge in [-0.3, -0.25) is 4.79 Å². The number of carboxylic acid groups (broad SMARTS) is 1. The van der Waals surface area contributed by atoms with Crippen molar-refractivity contribution >= 4 is 46.2 Å². The Morgan fingerprint density at radius 3 is 2.60 bits per heavy atom. The van der Waals surface area contributed by atoms with E-state index in [1.807, 2.05) is 60.7 Å². The van der Waals surface area contributed by atoms with E-state index in [4.69, 9.17) is 14.6 Å². The summed E-state index contributed by atoms with van der Waals surface area (Å²) in [5.41, 5.74) is 3.00. The van der Waals surface area contributed by atoms with Crippen molar-refractivity contribution in [2.75, 3.05) is 18.5 Å². The lowest BCUT2D eigenvalue weighted by Gasteiger charge is -2.14. The van der Waals surface area contributed by atoms with Gasteiger partial charge in [-0.1, -0.05) is 12.1 Å². The minimum Gasteiger partial charge on any atom is -0.490 e. The second kappa shape index (κ2) is 10.6. The van der Waals surface area contributed by atoms with Gasteiger partial charge in [0, 0.05) is 5.69 Å². The summed E-state index contributed by atoms with van der Waals surface area (Å²) in [5.74, 6) is -0.989. The van der Waals surface area contributed by atoms with Crippen LogP contribution in [0.2, 0.25) is 0 Å². The molecule has 0 aliphatic rings. The van der Waals surface area contributed by atoms with Crippen LogP contribution in [0.5, 0.6) is 11.5 Å². The topological polar surface area (TPSA) is 109 Å². The summed E-state index contributed by atoms with van der Waals surface area (Å²) in [4.78, 5) is 23.4. The van der Waals surface area contributed by atoms with E-state index in [0.717, 1.165) is 11.1 Å². The standard InChI is InChI=1S/C22H21IN2O5/c1-4-29-19-10-15(9-17(23)21(19)30-12-20(26)27)8-16(11-24)22(28)25-18-7-13(2)5-6-14(18)3/h5-10H,4,12H2,1-3H3,(H,25,28)(H,26,27)/b16-8+. The van der Waals surface area contributed by atoms with Crippen molar-refractivity contribution in [3.8, 4) is 17.6 Å². The number of carbonyl (C=O) groups excluding carboxylic acids is 1. The summed E-state index contributed by atoms with van der Waals surface area (Å²) in [6.45, 7) is 5.41. The van der Waals surface area contributed by atoms with Crippen LogP contribution in [0, 0.1) is 28.7 Å². The third kappa shape index (κ3) is 6.22. The van der Waals surface area contributed by atoms with Crippen LogP contribution in [-0.2, 0) is 9.59 Å². The first kappa shape index (κ1) is 23.2. The Bertz CT molecular complexity index is 1040. The fraction of sp³-hybridized carbons (Fsp3) is 0.227. The summed E-state index contributed by atoms with van der Waals surface area (Å²) in [5, 5.41) is 21.1. The van der Waals surface area contributed by atoms with Crippen molar-refractivity contribution in [2.45, 2.75) is 20.8 Å². The molecule has 0 heterocycles. The monoisotopic (exact) mass is 520 g/mol. The van der Waals surface area contributed by atoms with Crippen LogP contribution in [0.15, 0.2) is 35.9 Å². The van der Waals surface area contributed by atoms with Crippen molar-refractivity contribution in [1.29, 1.82) is 5.26 Å². The van der Waals surface area contributed by atoms with Gasteiger partial charge < -0.3 is 19.9 Å². The summed E-state index contributed by atoms with van der Waals surface area (Å²) in [6.07, 6.45) is 1.45. The number of hydrogen-bond donors (Lipinski definition) is 2. The molecule has 156 valence electrons. The van der Waals surface area contributed by atoms with Gasteiger partial charge in [0.25, 0.3) is 5.91 Å². The Morgan fingerprint density at radius 1 is 1.23 bits per heavy atom. The van der Waals surface area contributed by atoms with E-state index < -0.39 is 18.5 Å². The van der Waals surface area contributed by atoms with E-state index in [0.29, 0.717) is 32.9 Å². The Hall–Kier alpha value is -3.06. The molecule has 2 N–H and O–H groups in total. The molecule has 0 spiro atoms. The Kier molecular flexibility index (Phi) is 8.24. The van der Waals surface area contributed by atoms with Crippen LogP contribution in [0.25, 0.3) is 6.08 Å². The highest BCUT2D eigenvalue weighted by atomic mass is 127. The molecular formula is C22H21IN2O5. The molecule has 0 saturated carbocycles. The molecule has 0 aliphatic carbocycles. The molecule has 0 bridgehead atoms. The van der Waals surface area contributed by atoms with Crippen molar-refractivity contribution in [3.05, 3.63) is 56.2 Å². The number of ether oxygens (including phenoxy) is 2. The second-order valence-corrected chi connectivity index (χ2v) is 7.55. The van der Waals surface area contributed by atoms with Crippen LogP contribution in [0.1, 0.15) is 23.6 Å². The fourth-order valence-corrected chi connectivity index (χ4v) is 3.36. The van der Waals surface area contributed by atoms with Crippen LogP contribution in [0.3, 0.4) is 0 Å². The van der Waals surface area contributed by atoms with Crippen LogP contribution in [0.4, 0.5) is 5.69 Å². The average Bonchev–Trinajstić information content (AvgIpc) is 2.68. The van der Waals surface area contributed by atoms with Gasteiger partial charge in [-0.05, 0) is 84.3 Å². The summed E-state index contributed by atoms with van der Waals surface area (Å²) < 4.78 is 11.5. The third-order valence-corrected chi connectivity index (χ3v) is 4.79. The quantitative estimate of drug-likeness (QED) is 0.305. The molecule has 8 heteroatoms. The largest absolute Gasteiger partial charge is 0.490 e. The normalized spacial score (nSPS) is 10.8. The van der Waals surface area contributed by atoms with E-state index in [-0.39, 0.29) is 5.57 Å². The lowest BCUT2D eigenvalue weighted by Crippen LogP contribution is -2.14. The average molecular weight is 520 g/mol. The van der Waals surface area contributed by atoms with Gasteiger partial charge in [-0.2, -0.15) is 5.26 Å². The molecule has 0 saturated heterocycles. The molecule has 7 nitrogen and oxygen atoms in total. The first-order valence-electron chi connectivity index (χ1n) is 9.06. The van der Waals surface area contributed by atoms with Gasteiger partial charge >= 0.3 is 5.97 Å². The number of nitriles is 1. The predicted molar refractivity (Wildman–Crippen MR) is 122 cm³/mol. The van der Waals surface area contributed by atoms with Crippen molar-refractivity contribution in [2.24, 2.45) is 0 Å². The lowest BCUT2D eigenvalue weighted by atomic mass is 10.1. The van der Waals surface area contributed by atoms with Gasteiger partial charge in [0.15, 0.2) is 18.1 Å². The van der Waals surface area contributed by atoms with Crippen molar-refractivity contribution in [1.82, 2.24) is 0 Å². The number of aryl methyl sites for hydroxylation is 2. The summed E-state index contributed by atoms with van der Waals surface area (Å²) in [6, 6.07) is 10.9. The van der Waals surface area contributed by atoms with Gasteiger partial charge in [-0.25, -0.2) is 4.79 Å². The number of anilines is 1. The van der Waals surface area contributed by atoms with Crippen molar-refractivity contribution < 1.29 is 24.2 Å². The smallest absolute Gasteiger partial charge is 0.341 e. The number of halogens is 1. The fourth-order valence-electron chi connectivity index (χ4n) is 2.58. The molecule has 30 heavy (non-hydrogen) atoms. The zero-order valence-corrected chi connectivity index (χ0v) is 18.9. The molecule has 0 fully saturated rings.